The lowest BCUT2D eigenvalue weighted by Crippen LogP contribution is -2.25. The second kappa shape index (κ2) is 10.3. The monoisotopic (exact) mass is 424 g/mol. The molecule has 1 fully saturated rings. The highest BCUT2D eigenvalue weighted by Gasteiger charge is 2.28. The number of carbonyl (C=O) groups is 2. The van der Waals surface area contributed by atoms with Crippen molar-refractivity contribution in [3.05, 3.63) is 53.6 Å². The van der Waals surface area contributed by atoms with Gasteiger partial charge in [0, 0.05) is 5.69 Å². The molecule has 2 N–H and O–H groups in total. The molecule has 0 radical (unpaired) electrons. The minimum Gasteiger partial charge on any atom is -0.495 e. The van der Waals surface area contributed by atoms with Crippen molar-refractivity contribution in [1.82, 2.24) is 0 Å². The quantitative estimate of drug-likeness (QED) is 0.568. The van der Waals surface area contributed by atoms with Crippen molar-refractivity contribution in [1.29, 1.82) is 0 Å². The third-order valence-electron chi connectivity index (χ3n) is 5.66. The van der Waals surface area contributed by atoms with Crippen molar-refractivity contribution in [2.45, 2.75) is 58.5 Å². The molecule has 1 aliphatic rings. The lowest BCUT2D eigenvalue weighted by molar-refractivity contribution is -0.153. The minimum absolute atomic E-state index is 0.0156. The van der Waals surface area contributed by atoms with E-state index in [9.17, 15) is 9.59 Å². The van der Waals surface area contributed by atoms with Crippen LogP contribution in [0.5, 0.6) is 5.75 Å². The van der Waals surface area contributed by atoms with E-state index in [1.807, 2.05) is 51.1 Å². The summed E-state index contributed by atoms with van der Waals surface area (Å²) in [7, 11) is 1.58. The van der Waals surface area contributed by atoms with Crippen LogP contribution in [0.15, 0.2) is 42.5 Å². The molecular weight excluding hydrogens is 392 g/mol. The fourth-order valence-electron chi connectivity index (χ4n) is 4.03. The third kappa shape index (κ3) is 6.23. The Morgan fingerprint density at radius 3 is 2.26 bits per heavy atom. The van der Waals surface area contributed by atoms with Gasteiger partial charge in [0.15, 0.2) is 0 Å². The zero-order valence-electron chi connectivity index (χ0n) is 18.7. The summed E-state index contributed by atoms with van der Waals surface area (Å²) in [6.45, 7) is 5.73. The number of esters is 1. The first kappa shape index (κ1) is 22.7. The number of ether oxygens (including phenoxy) is 2. The van der Waals surface area contributed by atoms with Gasteiger partial charge in [-0.3, -0.25) is 4.79 Å². The number of nitrogens with one attached hydrogen (secondary N) is 2. The SMILES string of the molecule is COc1ccc(C)cc1NC(=O)Nc1ccc(C2CCC(C(=O)OC(C)C)CC2)cc1. The smallest absolute Gasteiger partial charge is 0.323 e. The first-order valence-electron chi connectivity index (χ1n) is 10.9. The minimum atomic E-state index is -0.319. The average molecular weight is 425 g/mol. The molecule has 2 aromatic carbocycles. The lowest BCUT2D eigenvalue weighted by atomic mass is 9.78. The Balaban J connectivity index is 1.53. The Labute approximate surface area is 184 Å². The maximum absolute atomic E-state index is 12.4. The van der Waals surface area contributed by atoms with Crippen LogP contribution in [0.4, 0.5) is 16.2 Å². The van der Waals surface area contributed by atoms with Crippen molar-refractivity contribution in [3.63, 3.8) is 0 Å². The molecule has 0 saturated heterocycles. The number of amides is 2. The second-order valence-electron chi connectivity index (χ2n) is 8.44. The Bertz CT molecular complexity index is 900. The van der Waals surface area contributed by atoms with Crippen molar-refractivity contribution in [2.24, 2.45) is 5.92 Å². The Morgan fingerprint density at radius 1 is 0.968 bits per heavy atom. The molecule has 6 heteroatoms. The summed E-state index contributed by atoms with van der Waals surface area (Å²) < 4.78 is 10.7. The van der Waals surface area contributed by atoms with Gasteiger partial charge >= 0.3 is 12.0 Å². The molecule has 6 nitrogen and oxygen atoms in total. The van der Waals surface area contributed by atoms with Gasteiger partial charge in [-0.15, -0.1) is 0 Å². The summed E-state index contributed by atoms with van der Waals surface area (Å²) in [5.74, 6) is 0.998. The van der Waals surface area contributed by atoms with Crippen LogP contribution in [0.3, 0.4) is 0 Å². The van der Waals surface area contributed by atoms with E-state index in [0.717, 1.165) is 36.9 Å². The summed E-state index contributed by atoms with van der Waals surface area (Å²) in [5.41, 5.74) is 3.63. The molecule has 0 bridgehead atoms. The fraction of sp³-hybridized carbons (Fsp3) is 0.440. The first-order chi connectivity index (χ1) is 14.9. The van der Waals surface area contributed by atoms with Crippen molar-refractivity contribution < 1.29 is 19.1 Å². The zero-order chi connectivity index (χ0) is 22.4. The van der Waals surface area contributed by atoms with Gasteiger partial charge in [0.1, 0.15) is 5.75 Å². The molecule has 0 unspecified atom stereocenters. The van der Waals surface area contributed by atoms with Crippen LogP contribution < -0.4 is 15.4 Å². The maximum Gasteiger partial charge on any atom is 0.323 e. The third-order valence-corrected chi connectivity index (χ3v) is 5.66. The molecule has 0 aromatic heterocycles. The number of rotatable bonds is 6. The summed E-state index contributed by atoms with van der Waals surface area (Å²) in [6.07, 6.45) is 3.60. The maximum atomic E-state index is 12.4. The van der Waals surface area contributed by atoms with E-state index in [1.165, 1.54) is 5.56 Å². The molecule has 0 heterocycles. The number of hydrogen-bond donors (Lipinski definition) is 2. The molecule has 0 aliphatic heterocycles. The molecule has 0 atom stereocenters. The number of anilines is 2. The summed E-state index contributed by atoms with van der Waals surface area (Å²) in [5, 5.41) is 5.70. The van der Waals surface area contributed by atoms with E-state index >= 15 is 0 Å². The van der Waals surface area contributed by atoms with Crippen LogP contribution in [-0.2, 0) is 9.53 Å². The van der Waals surface area contributed by atoms with E-state index in [1.54, 1.807) is 7.11 Å². The van der Waals surface area contributed by atoms with E-state index in [-0.39, 0.29) is 24.0 Å². The van der Waals surface area contributed by atoms with Crippen LogP contribution in [0, 0.1) is 12.8 Å². The van der Waals surface area contributed by atoms with Gasteiger partial charge in [-0.05, 0) is 87.8 Å². The lowest BCUT2D eigenvalue weighted by Gasteiger charge is -2.28. The predicted molar refractivity (Wildman–Crippen MR) is 123 cm³/mol. The second-order valence-corrected chi connectivity index (χ2v) is 8.44. The topological polar surface area (TPSA) is 76.7 Å². The number of hydrogen-bond acceptors (Lipinski definition) is 4. The fourth-order valence-corrected chi connectivity index (χ4v) is 4.03. The van der Waals surface area contributed by atoms with Crippen molar-refractivity contribution in [2.75, 3.05) is 17.7 Å². The first-order valence-corrected chi connectivity index (χ1v) is 10.9. The molecule has 31 heavy (non-hydrogen) atoms. The summed E-state index contributed by atoms with van der Waals surface area (Å²) >= 11 is 0. The molecule has 1 aliphatic carbocycles. The van der Waals surface area contributed by atoms with E-state index in [0.29, 0.717) is 17.4 Å². The van der Waals surface area contributed by atoms with Gasteiger partial charge in [-0.25, -0.2) is 4.79 Å². The molecular formula is C25H32N2O4. The van der Waals surface area contributed by atoms with Gasteiger partial charge in [-0.2, -0.15) is 0 Å². The molecule has 1 saturated carbocycles. The zero-order valence-corrected chi connectivity index (χ0v) is 18.7. The van der Waals surface area contributed by atoms with Gasteiger partial charge in [0.05, 0.1) is 24.8 Å². The number of aryl methyl sites for hydroxylation is 1. The van der Waals surface area contributed by atoms with Crippen molar-refractivity contribution in [3.8, 4) is 5.75 Å². The molecule has 2 amide bonds. The normalized spacial score (nSPS) is 18.4. The number of carbonyl (C=O) groups excluding carboxylic acids is 2. The predicted octanol–water partition coefficient (Wildman–Crippen LogP) is 5.87. The van der Waals surface area contributed by atoms with Crippen molar-refractivity contribution >= 4 is 23.4 Å². The largest absolute Gasteiger partial charge is 0.495 e. The van der Waals surface area contributed by atoms with Crippen LogP contribution >= 0.6 is 0 Å². The molecule has 0 spiro atoms. The van der Waals surface area contributed by atoms with Gasteiger partial charge in [-0.1, -0.05) is 18.2 Å². The number of benzene rings is 2. The van der Waals surface area contributed by atoms with Crippen LogP contribution in [0.1, 0.15) is 56.6 Å². The Hall–Kier alpha value is -3.02. The summed E-state index contributed by atoms with van der Waals surface area (Å²) in [6, 6.07) is 13.3. The highest BCUT2D eigenvalue weighted by molar-refractivity contribution is 6.00. The van der Waals surface area contributed by atoms with Gasteiger partial charge < -0.3 is 20.1 Å². The molecule has 2 aromatic rings. The van der Waals surface area contributed by atoms with Gasteiger partial charge in [0.2, 0.25) is 0 Å². The standard InChI is InChI=1S/C25H32N2O4/c1-16(2)31-24(28)20-8-6-18(7-9-20)19-10-12-21(13-11-19)26-25(29)27-22-15-17(3)5-14-23(22)30-4/h5,10-16,18,20H,6-9H2,1-4H3,(H2,26,27,29). The molecule has 166 valence electrons. The highest BCUT2D eigenvalue weighted by atomic mass is 16.5. The Morgan fingerprint density at radius 2 is 1.65 bits per heavy atom. The Kier molecular flexibility index (Phi) is 7.55. The van der Waals surface area contributed by atoms with E-state index in [2.05, 4.69) is 22.8 Å². The average Bonchev–Trinajstić information content (AvgIpc) is 2.74. The molecule has 3 rings (SSSR count). The van der Waals surface area contributed by atoms with E-state index in [4.69, 9.17) is 9.47 Å². The summed E-state index contributed by atoms with van der Waals surface area (Å²) in [4.78, 5) is 24.5. The highest BCUT2D eigenvalue weighted by Crippen LogP contribution is 2.36. The van der Waals surface area contributed by atoms with Crippen LogP contribution in [0.25, 0.3) is 0 Å². The van der Waals surface area contributed by atoms with Crippen LogP contribution in [0.2, 0.25) is 0 Å². The number of urea groups is 1. The number of methoxy groups -OCH3 is 1. The van der Waals surface area contributed by atoms with Gasteiger partial charge in [0.25, 0.3) is 0 Å². The van der Waals surface area contributed by atoms with Crippen LogP contribution in [-0.4, -0.2) is 25.2 Å². The van der Waals surface area contributed by atoms with E-state index < -0.39 is 0 Å².